The Morgan fingerprint density at radius 3 is 1.43 bits per heavy atom. The molecule has 162 valence electrons. The van der Waals surface area contributed by atoms with Crippen LogP contribution in [0.3, 0.4) is 0 Å². The molecule has 0 bridgehead atoms. The minimum Gasteiger partial charge on any atom is -0.458 e. The van der Waals surface area contributed by atoms with Gasteiger partial charge in [0.15, 0.2) is 0 Å². The minimum atomic E-state index is -1.37. The molecule has 0 N–H and O–H groups in total. The zero-order chi connectivity index (χ0) is 22.5. The van der Waals surface area contributed by atoms with Gasteiger partial charge in [0.2, 0.25) is 0 Å². The Bertz CT molecular complexity index is 551. The average molecular weight is 402 g/mol. The Hall–Kier alpha value is -2.12. The number of amides is 2. The second kappa shape index (κ2) is 9.39. The lowest BCUT2D eigenvalue weighted by molar-refractivity contribution is -0.161. The molecular weight excluding hydrogens is 366 g/mol. The van der Waals surface area contributed by atoms with E-state index in [1.165, 1.54) is 0 Å². The van der Waals surface area contributed by atoms with Gasteiger partial charge in [-0.25, -0.2) is 14.4 Å². The summed E-state index contributed by atoms with van der Waals surface area (Å²) in [5.41, 5.74) is -2.68. The van der Waals surface area contributed by atoms with Crippen LogP contribution in [0.25, 0.3) is 0 Å². The second-order valence-electron chi connectivity index (χ2n) is 9.73. The van der Waals surface area contributed by atoms with Gasteiger partial charge >= 0.3 is 18.2 Å². The number of aldehydes is 1. The highest BCUT2D eigenvalue weighted by Crippen LogP contribution is 2.22. The van der Waals surface area contributed by atoms with Crippen LogP contribution >= 0.6 is 0 Å². The summed E-state index contributed by atoms with van der Waals surface area (Å²) >= 11 is 0. The molecule has 28 heavy (non-hydrogen) atoms. The molecule has 8 nitrogen and oxygen atoms in total. The summed E-state index contributed by atoms with van der Waals surface area (Å²) < 4.78 is 16.0. The molecule has 0 unspecified atom stereocenters. The van der Waals surface area contributed by atoms with Crippen molar-refractivity contribution in [2.75, 3.05) is 0 Å². The van der Waals surface area contributed by atoms with Crippen LogP contribution in [-0.4, -0.2) is 52.2 Å². The van der Waals surface area contributed by atoms with Gasteiger partial charge in [-0.2, -0.15) is 4.90 Å². The third kappa shape index (κ3) is 10.3. The Labute approximate surface area is 167 Å². The zero-order valence-electron chi connectivity index (χ0n) is 18.7. The maximum atomic E-state index is 12.8. The van der Waals surface area contributed by atoms with Crippen molar-refractivity contribution < 1.29 is 33.4 Å². The van der Waals surface area contributed by atoms with E-state index in [0.29, 0.717) is 11.2 Å². The van der Waals surface area contributed by atoms with Crippen molar-refractivity contribution in [3.8, 4) is 0 Å². The summed E-state index contributed by atoms with van der Waals surface area (Å²) in [5.74, 6) is -1.43. The number of ether oxygens (including phenoxy) is 3. The monoisotopic (exact) mass is 401 g/mol. The first-order chi connectivity index (χ1) is 12.4. The van der Waals surface area contributed by atoms with E-state index in [2.05, 4.69) is 0 Å². The standard InChI is InChI=1S/C20H35NO7/c1-13(12-22)11-14(15(23)26-18(2,3)4)21(16(24)27-19(5,6)7)17(25)28-20(8,9)10/h12-14H,11H2,1-10H3/t13-,14-/m0/s1. The van der Waals surface area contributed by atoms with Crippen molar-refractivity contribution >= 4 is 24.4 Å². The molecule has 2 atom stereocenters. The molecule has 0 aliphatic heterocycles. The molecular formula is C20H35NO7. The van der Waals surface area contributed by atoms with Crippen LogP contribution in [0.2, 0.25) is 0 Å². The highest BCUT2D eigenvalue weighted by atomic mass is 16.6. The van der Waals surface area contributed by atoms with Gasteiger partial charge in [-0.1, -0.05) is 6.92 Å². The molecule has 2 amide bonds. The number of carbonyl (C=O) groups is 4. The Morgan fingerprint density at radius 1 is 0.786 bits per heavy atom. The predicted molar refractivity (Wildman–Crippen MR) is 104 cm³/mol. The molecule has 0 aliphatic rings. The van der Waals surface area contributed by atoms with Crippen LogP contribution in [-0.2, 0) is 23.8 Å². The third-order valence-corrected chi connectivity index (χ3v) is 3.00. The van der Waals surface area contributed by atoms with Gasteiger partial charge in [0, 0.05) is 5.92 Å². The largest absolute Gasteiger partial charge is 0.458 e. The maximum Gasteiger partial charge on any atom is 0.420 e. The molecule has 0 saturated carbocycles. The van der Waals surface area contributed by atoms with Crippen molar-refractivity contribution in [1.82, 2.24) is 4.90 Å². The van der Waals surface area contributed by atoms with Crippen molar-refractivity contribution in [3.63, 3.8) is 0 Å². The van der Waals surface area contributed by atoms with Gasteiger partial charge < -0.3 is 19.0 Å². The molecule has 0 saturated heterocycles. The van der Waals surface area contributed by atoms with Crippen molar-refractivity contribution in [1.29, 1.82) is 0 Å². The number of imide groups is 1. The Kier molecular flexibility index (Phi) is 8.68. The topological polar surface area (TPSA) is 99.2 Å². The van der Waals surface area contributed by atoms with Crippen LogP contribution in [0.4, 0.5) is 9.59 Å². The number of rotatable bonds is 5. The van der Waals surface area contributed by atoms with E-state index in [4.69, 9.17) is 14.2 Å². The highest BCUT2D eigenvalue weighted by molar-refractivity contribution is 5.94. The van der Waals surface area contributed by atoms with Crippen LogP contribution < -0.4 is 0 Å². The summed E-state index contributed by atoms with van der Waals surface area (Å²) in [6, 6.07) is -1.37. The van der Waals surface area contributed by atoms with Gasteiger partial charge in [-0.3, -0.25) is 0 Å². The summed E-state index contributed by atoms with van der Waals surface area (Å²) in [4.78, 5) is 50.1. The molecule has 0 spiro atoms. The van der Waals surface area contributed by atoms with E-state index in [9.17, 15) is 19.2 Å². The van der Waals surface area contributed by atoms with Gasteiger partial charge in [0.25, 0.3) is 0 Å². The van der Waals surface area contributed by atoms with Crippen molar-refractivity contribution in [3.05, 3.63) is 0 Å². The molecule has 0 fully saturated rings. The molecule has 0 rings (SSSR count). The van der Waals surface area contributed by atoms with Crippen molar-refractivity contribution in [2.24, 2.45) is 5.92 Å². The van der Waals surface area contributed by atoms with Gasteiger partial charge in [-0.05, 0) is 68.7 Å². The van der Waals surface area contributed by atoms with E-state index >= 15 is 0 Å². The highest BCUT2D eigenvalue weighted by Gasteiger charge is 2.42. The third-order valence-electron chi connectivity index (χ3n) is 3.00. The zero-order valence-corrected chi connectivity index (χ0v) is 18.7. The average Bonchev–Trinajstić information content (AvgIpc) is 2.40. The molecule has 0 aromatic heterocycles. The lowest BCUT2D eigenvalue weighted by atomic mass is 10.0. The first-order valence-corrected chi connectivity index (χ1v) is 9.29. The summed E-state index contributed by atoms with van der Waals surface area (Å²) in [5, 5.41) is 0. The van der Waals surface area contributed by atoms with Crippen LogP contribution in [0.15, 0.2) is 0 Å². The second-order valence-corrected chi connectivity index (χ2v) is 9.73. The van der Waals surface area contributed by atoms with Gasteiger partial charge in [-0.15, -0.1) is 0 Å². The molecule has 0 aromatic rings. The number of nitrogens with zero attached hydrogens (tertiary/aromatic N) is 1. The number of hydrogen-bond donors (Lipinski definition) is 0. The number of carbonyl (C=O) groups excluding carboxylic acids is 4. The normalized spacial score (nSPS) is 14.5. The fourth-order valence-corrected chi connectivity index (χ4v) is 2.04. The van der Waals surface area contributed by atoms with Gasteiger partial charge in [0.1, 0.15) is 29.1 Å². The number of esters is 1. The first kappa shape index (κ1) is 25.9. The summed E-state index contributed by atoms with van der Waals surface area (Å²) in [6.07, 6.45) is -1.57. The van der Waals surface area contributed by atoms with E-state index in [1.807, 2.05) is 0 Å². The smallest absolute Gasteiger partial charge is 0.420 e. The first-order valence-electron chi connectivity index (χ1n) is 9.29. The minimum absolute atomic E-state index is 0.114. The summed E-state index contributed by atoms with van der Waals surface area (Å²) in [6.45, 7) is 16.4. The fourth-order valence-electron chi connectivity index (χ4n) is 2.04. The van der Waals surface area contributed by atoms with Crippen molar-refractivity contribution in [2.45, 2.75) is 98.5 Å². The lowest BCUT2D eigenvalue weighted by Crippen LogP contribution is -2.53. The van der Waals surface area contributed by atoms with Crippen LogP contribution in [0, 0.1) is 5.92 Å². The molecule has 0 radical (unpaired) electrons. The maximum absolute atomic E-state index is 12.8. The van der Waals surface area contributed by atoms with E-state index in [-0.39, 0.29) is 6.42 Å². The Balaban J connectivity index is 6.10. The summed E-state index contributed by atoms with van der Waals surface area (Å²) in [7, 11) is 0. The van der Waals surface area contributed by atoms with E-state index in [0.717, 1.165) is 0 Å². The van der Waals surface area contributed by atoms with E-state index < -0.39 is 46.9 Å². The molecule has 0 aromatic carbocycles. The Morgan fingerprint density at radius 2 is 1.14 bits per heavy atom. The lowest BCUT2D eigenvalue weighted by Gasteiger charge is -2.34. The van der Waals surface area contributed by atoms with E-state index in [1.54, 1.807) is 69.2 Å². The SMILES string of the molecule is C[C@H](C=O)C[C@@H](C(=O)OC(C)(C)C)N(C(=O)OC(C)(C)C)C(=O)OC(C)(C)C. The fraction of sp³-hybridized carbons (Fsp3) is 0.800. The molecule has 8 heteroatoms. The number of hydrogen-bond acceptors (Lipinski definition) is 7. The van der Waals surface area contributed by atoms with Crippen LogP contribution in [0.1, 0.15) is 75.7 Å². The van der Waals surface area contributed by atoms with Gasteiger partial charge in [0.05, 0.1) is 0 Å². The molecule has 0 aliphatic carbocycles. The quantitative estimate of drug-likeness (QED) is 0.388. The predicted octanol–water partition coefficient (Wildman–Crippen LogP) is 4.09. The van der Waals surface area contributed by atoms with Crippen LogP contribution in [0.5, 0.6) is 0 Å². The molecule has 0 heterocycles.